The second-order valence-electron chi connectivity index (χ2n) is 36.0. The van der Waals surface area contributed by atoms with Crippen LogP contribution in [0.2, 0.25) is 0 Å². The van der Waals surface area contributed by atoms with Gasteiger partial charge in [0, 0.05) is 137 Å². The van der Waals surface area contributed by atoms with Crippen LogP contribution in [0.15, 0.2) is 237 Å². The molecular formula is C111H145Br3N6O16S6. The number of carbonyl (C=O) groups is 7. The first-order chi connectivity index (χ1) is 66.3. The van der Waals surface area contributed by atoms with E-state index in [2.05, 4.69) is 276 Å². The Bertz CT molecular complexity index is 5640. The summed E-state index contributed by atoms with van der Waals surface area (Å²) in [5.41, 5.74) is 18.3. The number of allylic oxidation sites excluding steroid dienone is 14. The van der Waals surface area contributed by atoms with Gasteiger partial charge < -0.3 is 97.8 Å². The van der Waals surface area contributed by atoms with Gasteiger partial charge in [-0.05, 0) is 274 Å². The third-order valence-corrected chi connectivity index (χ3v) is 30.1. The van der Waals surface area contributed by atoms with Gasteiger partial charge in [0.25, 0.3) is 0 Å². The molecular weight excluding hydrogens is 2110 g/mol. The number of aliphatic carboxylic acids is 2. The summed E-state index contributed by atoms with van der Waals surface area (Å²) < 4.78 is 43.1. The van der Waals surface area contributed by atoms with E-state index >= 15 is 0 Å². The van der Waals surface area contributed by atoms with Crippen LogP contribution >= 0.6 is 86.5 Å². The lowest BCUT2D eigenvalue weighted by Gasteiger charge is -2.27. The smallest absolute Gasteiger partial charge is 0.315 e. The standard InChI is InChI=1S/C56H70N3O9S3.C50H61N3O5S3.C3H5BrO2.2CH4.2BrH/c1-39(60)64-37-66-52(62)28-31-58-47-20-11-9-18-44(47)55(3,4)50(58)26-22-41-16-13-17-42(54(41)68-43-24-25-46(57-30-14-33-69-7)49(36-43)71-35-15-34-70-8)23-27-51-56(5,6)45-19-10-12-21-48(45)59(51)32-29-53(63)67-38-65-40(2)61;1-49(2)38-16-7-9-18-41(38)52(29-26-46(54)55)44(49)24-20-35-14-11-15-36(21-25-45-50(3,4)39-17-8-10-19-42(39)53(45)30-27-47(56)57)48(35)58-37-22-23-40(51-28-12-31-59-5)43(34-37)61-33-13-32-60-6;1-3(5)6-2-4;;;;/h9-12,18-27,36,57H,13-17,28-35,37-38H2,1-8H3;7-10,16-25,34,51H,11-15,26-33H2,1-6H3,(H-,54,55,56,57);2H2,1H3;2*1H4;2*1H/q+1;;;;;;/p-1. The number of anilines is 4. The molecule has 0 atom stereocenters. The molecule has 0 unspecified atom stereocenters. The summed E-state index contributed by atoms with van der Waals surface area (Å²) in [5.74, 6) is 5.76. The number of hydrogen-bond acceptors (Lipinski definition) is 24. The molecule has 0 amide bonds. The number of hydrogen-bond donors (Lipinski definition) is 4. The number of benzene rings is 6. The minimum Gasteiger partial charge on any atom is -1.00 e. The Balaban J connectivity index is 0.000000404. The maximum absolute atomic E-state index is 12.9. The number of carboxylic acids is 2. The van der Waals surface area contributed by atoms with Crippen LogP contribution in [0.25, 0.3) is 0 Å². The zero-order chi connectivity index (χ0) is 99.5. The number of rotatable bonds is 47. The molecule has 772 valence electrons. The number of halogens is 3. The molecule has 0 bridgehead atoms. The normalized spacial score (nSPS) is 16.5. The highest BCUT2D eigenvalue weighted by Crippen LogP contribution is 2.51. The number of nitrogens with zero attached hydrogens (tertiary/aromatic N) is 4. The summed E-state index contributed by atoms with van der Waals surface area (Å²) in [6, 6.07) is 46.0. The molecule has 22 nitrogen and oxygen atoms in total. The summed E-state index contributed by atoms with van der Waals surface area (Å²) in [6.07, 6.45) is 35.7. The van der Waals surface area contributed by atoms with E-state index in [-0.39, 0.29) is 91.3 Å². The van der Waals surface area contributed by atoms with Crippen molar-refractivity contribution in [3.8, 4) is 11.5 Å². The van der Waals surface area contributed by atoms with E-state index in [0.717, 1.165) is 230 Å². The summed E-state index contributed by atoms with van der Waals surface area (Å²) in [6.45, 7) is 24.0. The van der Waals surface area contributed by atoms with Crippen LogP contribution in [0.4, 0.5) is 34.1 Å². The van der Waals surface area contributed by atoms with Crippen LogP contribution in [0.3, 0.4) is 0 Å². The number of ether oxygens (including phenoxy) is 7. The van der Waals surface area contributed by atoms with Crippen molar-refractivity contribution in [2.45, 2.75) is 212 Å². The van der Waals surface area contributed by atoms with E-state index in [0.29, 0.717) is 31.7 Å². The van der Waals surface area contributed by atoms with E-state index in [9.17, 15) is 43.8 Å². The van der Waals surface area contributed by atoms with Gasteiger partial charge in [-0.2, -0.15) is 56.2 Å². The molecule has 4 N–H and O–H groups in total. The average Bonchev–Trinajstić information content (AvgIpc) is 1.61. The van der Waals surface area contributed by atoms with Gasteiger partial charge in [0.05, 0.1) is 23.7 Å². The average molecular weight is 2250 g/mol. The summed E-state index contributed by atoms with van der Waals surface area (Å²) in [7, 11) is 0. The van der Waals surface area contributed by atoms with E-state index < -0.39 is 60.2 Å². The lowest BCUT2D eigenvalue weighted by Crippen LogP contribution is -3.00. The predicted molar refractivity (Wildman–Crippen MR) is 587 cm³/mol. The first-order valence-corrected chi connectivity index (χ1v) is 55.9. The molecule has 142 heavy (non-hydrogen) atoms. The molecule has 0 fully saturated rings. The van der Waals surface area contributed by atoms with Crippen molar-refractivity contribution in [3.63, 3.8) is 0 Å². The summed E-state index contributed by atoms with van der Waals surface area (Å²) in [4.78, 5) is 88.5. The van der Waals surface area contributed by atoms with Crippen LogP contribution in [0.1, 0.15) is 203 Å². The molecule has 0 radical (unpaired) electrons. The molecule has 6 aromatic carbocycles. The number of fused-ring (bicyclic) bond motifs is 4. The van der Waals surface area contributed by atoms with Crippen LogP contribution in [0, 0.1) is 0 Å². The second kappa shape index (κ2) is 60.3. The van der Waals surface area contributed by atoms with Gasteiger partial charge >= 0.3 is 41.8 Å². The first kappa shape index (κ1) is 122. The van der Waals surface area contributed by atoms with E-state index in [1.54, 1.807) is 0 Å². The SMILES string of the molecule is C.C.CC(=O)OCBr.CSCCCNc1ccc(OC2=C(/C=C/C3=[N+](CCC(=O)O)c4ccccc4C3(C)C)CCC/C2=C\C=C2\N(CCC(=O)O)c3ccccc3C2(C)C)cc1SCCCSC.CSCCCNc1ccc(OC2=C(/C=C/C3=[N+](CCC(=O)OCOC(C)=O)c4ccccc4C3(C)C)CCC/C2=C\C=C2\N(CCC(=O)OCOC(C)=O)c3ccccc3C2(C)C)cc1SCCCSC.[Br-].[Br-]. The monoisotopic (exact) mass is 2250 g/mol. The molecule has 0 saturated carbocycles. The zero-order valence-electron chi connectivity index (χ0n) is 83.3. The van der Waals surface area contributed by atoms with Gasteiger partial charge in [0.2, 0.25) is 25.0 Å². The maximum atomic E-state index is 12.9. The molecule has 0 saturated heterocycles. The Labute approximate surface area is 898 Å². The van der Waals surface area contributed by atoms with Crippen LogP contribution in [-0.2, 0) is 78.9 Å². The fraction of sp³-hybridized carbons (Fsp3) is 0.450. The van der Waals surface area contributed by atoms with Gasteiger partial charge in [0.15, 0.2) is 24.5 Å². The van der Waals surface area contributed by atoms with E-state index in [4.69, 9.17) is 28.4 Å². The summed E-state index contributed by atoms with van der Waals surface area (Å²) in [5, 5.41) is 26.8. The van der Waals surface area contributed by atoms with Crippen molar-refractivity contribution in [3.05, 3.63) is 250 Å². The van der Waals surface area contributed by atoms with Crippen molar-refractivity contribution < 1.29 is 120 Å². The first-order valence-electron chi connectivity index (χ1n) is 47.2. The Hall–Kier alpha value is -8.79. The quantitative estimate of drug-likeness (QED) is 0.00526. The maximum Gasteiger partial charge on any atom is 0.315 e. The molecule has 6 aromatic rings. The number of alkyl halides is 1. The third kappa shape index (κ3) is 33.9. The fourth-order valence-corrected chi connectivity index (χ4v) is 22.3. The van der Waals surface area contributed by atoms with Gasteiger partial charge in [-0.1, -0.05) is 127 Å². The topological polar surface area (TPSA) is 261 Å². The number of nitrogens with one attached hydrogen (secondary N) is 2. The minimum atomic E-state index is -0.821. The lowest BCUT2D eigenvalue weighted by molar-refractivity contribution is -0.437. The van der Waals surface area contributed by atoms with Crippen LogP contribution < -0.4 is 63.9 Å². The van der Waals surface area contributed by atoms with Crippen LogP contribution in [0.5, 0.6) is 11.5 Å². The zero-order valence-corrected chi connectivity index (χ0v) is 93.0. The minimum absolute atomic E-state index is 0. The van der Waals surface area contributed by atoms with E-state index in [1.165, 1.54) is 36.8 Å². The number of esters is 5. The van der Waals surface area contributed by atoms with Crippen molar-refractivity contribution >= 4 is 174 Å². The van der Waals surface area contributed by atoms with Crippen molar-refractivity contribution in [2.24, 2.45) is 0 Å². The van der Waals surface area contributed by atoms with Crippen LogP contribution in [-0.4, -0.2) is 190 Å². The molecule has 0 aromatic heterocycles. The van der Waals surface area contributed by atoms with Gasteiger partial charge in [-0.3, -0.25) is 33.6 Å². The predicted octanol–water partition coefficient (Wildman–Crippen LogP) is 19.5. The molecule has 4 aliphatic heterocycles. The molecule has 31 heteroatoms. The highest BCUT2D eigenvalue weighted by atomic mass is 79.9. The molecule has 12 rings (SSSR count). The van der Waals surface area contributed by atoms with Crippen molar-refractivity contribution in [1.82, 2.24) is 0 Å². The Morgan fingerprint density at radius 2 is 0.803 bits per heavy atom. The van der Waals surface area contributed by atoms with Gasteiger partial charge in [-0.25, -0.2) is 0 Å². The van der Waals surface area contributed by atoms with Crippen molar-refractivity contribution in [2.75, 3.05) is 138 Å². The number of carboxylic acid groups (broad SMARTS) is 2. The number of carbonyl (C=O) groups excluding carboxylic acids is 5. The van der Waals surface area contributed by atoms with E-state index in [1.807, 2.05) is 107 Å². The largest absolute Gasteiger partial charge is 1.00 e. The molecule has 6 aliphatic rings. The van der Waals surface area contributed by atoms with Gasteiger partial charge in [0.1, 0.15) is 41.4 Å². The Morgan fingerprint density at radius 1 is 0.430 bits per heavy atom. The number of para-hydroxylation sites is 4. The van der Waals surface area contributed by atoms with Gasteiger partial charge in [-0.15, -0.1) is 23.5 Å². The fourth-order valence-electron chi connectivity index (χ4n) is 17.9. The van der Waals surface area contributed by atoms with Crippen molar-refractivity contribution in [1.29, 1.82) is 0 Å². The number of thioether (sulfide) groups is 6. The highest BCUT2D eigenvalue weighted by molar-refractivity contribution is 9.09. The highest BCUT2D eigenvalue weighted by Gasteiger charge is 2.47. The Morgan fingerprint density at radius 3 is 1.19 bits per heavy atom. The lowest BCUT2D eigenvalue weighted by atomic mass is 9.81. The second-order valence-corrected chi connectivity index (χ2v) is 42.7. The molecule has 4 heterocycles. The Kier molecular flexibility index (Phi) is 51.8. The third-order valence-electron chi connectivity index (χ3n) is 24.8. The molecule has 0 spiro atoms. The molecule has 2 aliphatic carbocycles. The summed E-state index contributed by atoms with van der Waals surface area (Å²) >= 11 is 14.1.